The Kier molecular flexibility index (Phi) is 3.24. The van der Waals surface area contributed by atoms with Gasteiger partial charge in [-0.1, -0.05) is 16.2 Å². The third-order valence-electron chi connectivity index (χ3n) is 2.81. The van der Waals surface area contributed by atoms with Gasteiger partial charge in [0.05, 0.1) is 0 Å². The molecule has 3 heteroatoms. The number of nitrogens with zero attached hydrogens (tertiary/aromatic N) is 1. The molecular weight excluding hydrogens is 226 g/mol. The van der Waals surface area contributed by atoms with E-state index in [0.717, 1.165) is 18.5 Å². The molecule has 0 bridgehead atoms. The van der Waals surface area contributed by atoms with Crippen molar-refractivity contribution in [1.29, 1.82) is 0 Å². The van der Waals surface area contributed by atoms with Crippen LogP contribution in [0.4, 0.5) is 10.5 Å². The zero-order valence-corrected chi connectivity index (χ0v) is 11.5. The molecule has 0 fully saturated rings. The number of ether oxygens (including phenoxy) is 1. The van der Waals surface area contributed by atoms with Crippen LogP contribution in [-0.4, -0.2) is 22.5 Å². The fourth-order valence-electron chi connectivity index (χ4n) is 2.08. The van der Waals surface area contributed by atoms with Gasteiger partial charge in [-0.2, -0.15) is 4.79 Å². The second-order valence-corrected chi connectivity index (χ2v) is 5.70. The molecule has 0 aliphatic carbocycles. The van der Waals surface area contributed by atoms with Crippen molar-refractivity contribution in [1.82, 2.24) is 0 Å². The first-order valence-electron chi connectivity index (χ1n) is 6.32. The molecule has 2 rings (SSSR count). The molecule has 96 valence electrons. The molecule has 3 nitrogen and oxygen atoms in total. The Bertz CT molecular complexity index is 510. The van der Waals surface area contributed by atoms with Gasteiger partial charge in [0.25, 0.3) is 0 Å². The molecule has 1 heterocycles. The molecule has 0 unspecified atom stereocenters. The zero-order chi connectivity index (χ0) is 13.3. The highest BCUT2D eigenvalue weighted by Gasteiger charge is 2.31. The van der Waals surface area contributed by atoms with Crippen molar-refractivity contribution in [2.45, 2.75) is 46.1 Å². The summed E-state index contributed by atoms with van der Waals surface area (Å²) in [5.41, 5.74) is 2.91. The molecule has 1 aromatic carbocycles. The van der Waals surface area contributed by atoms with Crippen LogP contribution in [0, 0.1) is 6.92 Å². The third kappa shape index (κ3) is 2.78. The molecule has 0 aromatic heterocycles. The molecule has 0 saturated heterocycles. The molecule has 0 spiro atoms. The van der Waals surface area contributed by atoms with Crippen molar-refractivity contribution >= 4 is 18.0 Å². The van der Waals surface area contributed by atoms with Gasteiger partial charge in [-0.05, 0) is 40.2 Å². The van der Waals surface area contributed by atoms with Crippen molar-refractivity contribution in [2.75, 3.05) is 0 Å². The average molecular weight is 246 g/mol. The maximum absolute atomic E-state index is 12.1. The Morgan fingerprint density at radius 3 is 2.72 bits per heavy atom. The topological polar surface area (TPSA) is 29.3 Å². The summed E-state index contributed by atoms with van der Waals surface area (Å²) in [6, 6.07) is 6.15. The Labute approximate surface area is 108 Å². The van der Waals surface area contributed by atoms with Gasteiger partial charge in [0, 0.05) is 18.1 Å². The molecule has 18 heavy (non-hydrogen) atoms. The van der Waals surface area contributed by atoms with E-state index in [2.05, 4.69) is 13.0 Å². The molecular formula is C15H20NO2+. The predicted octanol–water partition coefficient (Wildman–Crippen LogP) is 3.59. The van der Waals surface area contributed by atoms with E-state index in [1.807, 2.05) is 39.1 Å². The largest absolute Gasteiger partial charge is 0.602 e. The lowest BCUT2D eigenvalue weighted by Crippen LogP contribution is -2.30. The van der Waals surface area contributed by atoms with Crippen LogP contribution < -0.4 is 0 Å². The van der Waals surface area contributed by atoms with Crippen LogP contribution in [0.3, 0.4) is 0 Å². The minimum absolute atomic E-state index is 0.299. The summed E-state index contributed by atoms with van der Waals surface area (Å²) < 4.78 is 7.05. The van der Waals surface area contributed by atoms with E-state index in [1.54, 1.807) is 4.58 Å². The lowest BCUT2D eigenvalue weighted by Gasteiger charge is -2.18. The highest BCUT2D eigenvalue weighted by molar-refractivity contribution is 5.73. The van der Waals surface area contributed by atoms with E-state index in [0.29, 0.717) is 0 Å². The smallest absolute Gasteiger partial charge is 0.406 e. The zero-order valence-electron chi connectivity index (χ0n) is 11.5. The van der Waals surface area contributed by atoms with Crippen molar-refractivity contribution in [3.8, 4) is 0 Å². The van der Waals surface area contributed by atoms with Gasteiger partial charge in [0.15, 0.2) is 6.21 Å². The Morgan fingerprint density at radius 1 is 1.33 bits per heavy atom. The number of aryl methyl sites for hydroxylation is 2. The first-order chi connectivity index (χ1) is 8.37. The number of fused-ring (bicyclic) bond motifs is 1. The Balaban J connectivity index is 2.31. The summed E-state index contributed by atoms with van der Waals surface area (Å²) in [7, 11) is 0. The number of hydrogen-bond donors (Lipinski definition) is 0. The summed E-state index contributed by atoms with van der Waals surface area (Å²) in [6.07, 6.45) is 3.46. The molecule has 1 aliphatic heterocycles. The molecule has 0 radical (unpaired) electrons. The quantitative estimate of drug-likeness (QED) is 0.655. The van der Waals surface area contributed by atoms with E-state index < -0.39 is 5.60 Å². The normalized spacial score (nSPS) is 14.8. The highest BCUT2D eigenvalue weighted by atomic mass is 16.6. The van der Waals surface area contributed by atoms with Crippen LogP contribution >= 0.6 is 0 Å². The van der Waals surface area contributed by atoms with Crippen molar-refractivity contribution < 1.29 is 14.1 Å². The molecule has 1 aromatic rings. The first-order valence-corrected chi connectivity index (χ1v) is 6.32. The minimum atomic E-state index is -0.465. The van der Waals surface area contributed by atoms with Gasteiger partial charge in [-0.3, -0.25) is 0 Å². The summed E-state index contributed by atoms with van der Waals surface area (Å²) in [6.45, 7) is 7.71. The number of benzene rings is 1. The second kappa shape index (κ2) is 4.56. The van der Waals surface area contributed by atoms with Gasteiger partial charge in [0.1, 0.15) is 5.60 Å². The Hall–Kier alpha value is -1.64. The molecule has 0 atom stereocenters. The van der Waals surface area contributed by atoms with Gasteiger partial charge in [-0.25, -0.2) is 0 Å². The SMILES string of the molecule is Cc1ccc2c(c1)CCC=[N+]2C(=O)OC(C)(C)C. The number of carbonyl (C=O) groups excluding carboxylic acids is 1. The van der Waals surface area contributed by atoms with E-state index in [-0.39, 0.29) is 6.09 Å². The number of amides is 1. The fourth-order valence-corrected chi connectivity index (χ4v) is 2.08. The van der Waals surface area contributed by atoms with E-state index >= 15 is 0 Å². The first kappa shape index (κ1) is 12.8. The number of carbonyl (C=O) groups is 1. The molecule has 1 amide bonds. The second-order valence-electron chi connectivity index (χ2n) is 5.70. The molecule has 1 aliphatic rings. The van der Waals surface area contributed by atoms with E-state index in [1.165, 1.54) is 11.1 Å². The van der Waals surface area contributed by atoms with Crippen LogP contribution in [0.1, 0.15) is 38.3 Å². The molecule has 0 saturated carbocycles. The van der Waals surface area contributed by atoms with Gasteiger partial charge in [0.2, 0.25) is 5.69 Å². The average Bonchev–Trinajstić information content (AvgIpc) is 2.25. The van der Waals surface area contributed by atoms with Crippen molar-refractivity contribution in [3.05, 3.63) is 29.3 Å². The van der Waals surface area contributed by atoms with Crippen LogP contribution in [0.5, 0.6) is 0 Å². The summed E-state index contributed by atoms with van der Waals surface area (Å²) >= 11 is 0. The lowest BCUT2D eigenvalue weighted by molar-refractivity contribution is -0.362. The van der Waals surface area contributed by atoms with Crippen LogP contribution in [0.15, 0.2) is 18.2 Å². The van der Waals surface area contributed by atoms with E-state index in [4.69, 9.17) is 4.74 Å². The standard InChI is InChI=1S/C15H20NO2/c1-11-7-8-13-12(10-11)6-5-9-16(13)14(17)18-15(2,3)4/h7-10H,5-6H2,1-4H3/q+1. The number of rotatable bonds is 0. The maximum Gasteiger partial charge on any atom is 0.602 e. The van der Waals surface area contributed by atoms with Crippen LogP contribution in [-0.2, 0) is 11.2 Å². The summed E-state index contributed by atoms with van der Waals surface area (Å²) in [4.78, 5) is 12.1. The minimum Gasteiger partial charge on any atom is -0.406 e. The van der Waals surface area contributed by atoms with Crippen molar-refractivity contribution in [2.24, 2.45) is 0 Å². The fraction of sp³-hybridized carbons (Fsp3) is 0.467. The van der Waals surface area contributed by atoms with Crippen LogP contribution in [0.2, 0.25) is 0 Å². The van der Waals surface area contributed by atoms with Gasteiger partial charge >= 0.3 is 6.09 Å². The molecule has 0 N–H and O–H groups in total. The maximum atomic E-state index is 12.1. The highest BCUT2D eigenvalue weighted by Crippen LogP contribution is 2.26. The van der Waals surface area contributed by atoms with Gasteiger partial charge in [-0.15, -0.1) is 0 Å². The third-order valence-corrected chi connectivity index (χ3v) is 2.81. The van der Waals surface area contributed by atoms with Gasteiger partial charge < -0.3 is 4.74 Å². The monoisotopic (exact) mass is 246 g/mol. The summed E-state index contributed by atoms with van der Waals surface area (Å²) in [5, 5.41) is 0. The van der Waals surface area contributed by atoms with E-state index in [9.17, 15) is 4.79 Å². The van der Waals surface area contributed by atoms with Crippen LogP contribution in [0.25, 0.3) is 0 Å². The lowest BCUT2D eigenvalue weighted by atomic mass is 10.0. The Morgan fingerprint density at radius 2 is 2.06 bits per heavy atom. The summed E-state index contributed by atoms with van der Waals surface area (Å²) in [5.74, 6) is 0. The number of hydrogen-bond acceptors (Lipinski definition) is 2. The van der Waals surface area contributed by atoms with Crippen molar-refractivity contribution in [3.63, 3.8) is 0 Å². The predicted molar refractivity (Wildman–Crippen MR) is 71.7 cm³/mol.